The van der Waals surface area contributed by atoms with Gasteiger partial charge in [0.25, 0.3) is 0 Å². The Morgan fingerprint density at radius 3 is 2.77 bits per heavy atom. The fraction of sp³-hybridized carbons (Fsp3) is 0.400. The van der Waals surface area contributed by atoms with Crippen molar-refractivity contribution >= 4 is 15.5 Å². The zero-order chi connectivity index (χ0) is 9.36. The molecular formula is C10H15NOSi. The summed E-state index contributed by atoms with van der Waals surface area (Å²) in [5.74, 6) is 0. The zero-order valence-electron chi connectivity index (χ0n) is 7.92. The highest BCUT2D eigenvalue weighted by molar-refractivity contribution is 6.26. The molecule has 2 nitrogen and oxygen atoms in total. The number of para-hydroxylation sites is 1. The van der Waals surface area contributed by atoms with Gasteiger partial charge in [0.2, 0.25) is 9.76 Å². The van der Waals surface area contributed by atoms with Crippen LogP contribution in [0.5, 0.6) is 0 Å². The van der Waals surface area contributed by atoms with Gasteiger partial charge in [-0.05, 0) is 24.6 Å². The van der Waals surface area contributed by atoms with Crippen LogP contribution in [0, 0.1) is 0 Å². The summed E-state index contributed by atoms with van der Waals surface area (Å²) in [7, 11) is 2.40. The van der Waals surface area contributed by atoms with E-state index >= 15 is 0 Å². The average molecular weight is 193 g/mol. The summed E-state index contributed by atoms with van der Waals surface area (Å²) in [6.07, 6.45) is 1.17. The third-order valence-corrected chi connectivity index (χ3v) is 2.55. The molecule has 0 aromatic heterocycles. The third kappa shape index (κ3) is 4.70. The fourth-order valence-electron chi connectivity index (χ4n) is 1.05. The molecule has 0 heterocycles. The summed E-state index contributed by atoms with van der Waals surface area (Å²) in [5.41, 5.74) is 1.20. The van der Waals surface area contributed by atoms with E-state index in [1.165, 1.54) is 12.1 Å². The number of anilines is 1. The Morgan fingerprint density at radius 2 is 2.08 bits per heavy atom. The van der Waals surface area contributed by atoms with Crippen LogP contribution in [0.4, 0.5) is 5.69 Å². The van der Waals surface area contributed by atoms with Crippen LogP contribution in [0.2, 0.25) is 6.04 Å². The predicted octanol–water partition coefficient (Wildman–Crippen LogP) is 2.17. The van der Waals surface area contributed by atoms with Gasteiger partial charge in [-0.1, -0.05) is 18.2 Å². The largest absolute Gasteiger partial charge is 0.421 e. The van der Waals surface area contributed by atoms with Crippen molar-refractivity contribution in [2.75, 3.05) is 19.0 Å². The molecule has 70 valence electrons. The first-order valence-corrected chi connectivity index (χ1v) is 5.60. The molecule has 1 N–H and O–H groups in total. The van der Waals surface area contributed by atoms with Crippen LogP contribution >= 0.6 is 0 Å². The van der Waals surface area contributed by atoms with Gasteiger partial charge >= 0.3 is 0 Å². The first-order chi connectivity index (χ1) is 6.43. The second-order valence-corrected chi connectivity index (χ2v) is 3.94. The minimum Gasteiger partial charge on any atom is -0.421 e. The van der Waals surface area contributed by atoms with E-state index in [4.69, 9.17) is 4.43 Å². The summed E-state index contributed by atoms with van der Waals surface area (Å²) >= 11 is 0. The number of hydrogen-bond donors (Lipinski definition) is 1. The Kier molecular flexibility index (Phi) is 5.29. The molecule has 0 aliphatic carbocycles. The molecule has 13 heavy (non-hydrogen) atoms. The van der Waals surface area contributed by atoms with Crippen molar-refractivity contribution in [2.45, 2.75) is 12.5 Å². The molecule has 0 atom stereocenters. The van der Waals surface area contributed by atoms with Crippen LogP contribution in [0.1, 0.15) is 6.42 Å². The van der Waals surface area contributed by atoms with Gasteiger partial charge in [-0.25, -0.2) is 0 Å². The van der Waals surface area contributed by atoms with Crippen LogP contribution in [0.3, 0.4) is 0 Å². The predicted molar refractivity (Wildman–Crippen MR) is 57.1 cm³/mol. The van der Waals surface area contributed by atoms with Gasteiger partial charge in [-0.2, -0.15) is 0 Å². The monoisotopic (exact) mass is 193 g/mol. The molecule has 0 saturated carbocycles. The molecule has 0 spiro atoms. The third-order valence-electron chi connectivity index (χ3n) is 1.70. The van der Waals surface area contributed by atoms with E-state index in [1.807, 2.05) is 18.2 Å². The van der Waals surface area contributed by atoms with Crippen LogP contribution < -0.4 is 5.32 Å². The van der Waals surface area contributed by atoms with Crippen molar-refractivity contribution in [1.82, 2.24) is 0 Å². The van der Waals surface area contributed by atoms with Gasteiger partial charge in [-0.15, -0.1) is 0 Å². The van der Waals surface area contributed by atoms with Crippen molar-refractivity contribution in [3.8, 4) is 0 Å². The van der Waals surface area contributed by atoms with E-state index in [1.54, 1.807) is 7.11 Å². The van der Waals surface area contributed by atoms with Crippen molar-refractivity contribution in [3.05, 3.63) is 30.3 Å². The molecule has 0 saturated heterocycles. The standard InChI is InChI=1S/C10H15NOSi/c1-12-13-9-5-8-11-10-6-3-2-4-7-10/h2-4,6-7,11H,5,8-9H2,1H3. The highest BCUT2D eigenvalue weighted by Gasteiger charge is 1.90. The van der Waals surface area contributed by atoms with Crippen LogP contribution in [-0.2, 0) is 4.43 Å². The van der Waals surface area contributed by atoms with Crippen molar-refractivity contribution in [2.24, 2.45) is 0 Å². The second kappa shape index (κ2) is 6.68. The summed E-state index contributed by atoms with van der Waals surface area (Å²) in [6.45, 7) is 1.03. The Morgan fingerprint density at radius 1 is 1.31 bits per heavy atom. The molecule has 3 heteroatoms. The van der Waals surface area contributed by atoms with Crippen molar-refractivity contribution in [3.63, 3.8) is 0 Å². The first-order valence-electron chi connectivity index (χ1n) is 4.48. The van der Waals surface area contributed by atoms with E-state index < -0.39 is 0 Å². The molecule has 2 radical (unpaired) electrons. The van der Waals surface area contributed by atoms with Gasteiger partial charge in [0.1, 0.15) is 0 Å². The van der Waals surface area contributed by atoms with Crippen LogP contribution in [-0.4, -0.2) is 23.4 Å². The van der Waals surface area contributed by atoms with E-state index in [9.17, 15) is 0 Å². The molecule has 0 fully saturated rings. The maximum atomic E-state index is 4.99. The lowest BCUT2D eigenvalue weighted by molar-refractivity contribution is 0.440. The fourth-order valence-corrected chi connectivity index (χ4v) is 1.58. The lowest BCUT2D eigenvalue weighted by atomic mass is 10.3. The molecule has 0 amide bonds. The van der Waals surface area contributed by atoms with E-state index in [2.05, 4.69) is 17.4 Å². The summed E-state index contributed by atoms with van der Waals surface area (Å²) in [4.78, 5) is 0. The number of rotatable bonds is 6. The molecule has 0 aliphatic rings. The molecule has 0 aliphatic heterocycles. The highest BCUT2D eigenvalue weighted by atomic mass is 28.2. The Bertz CT molecular complexity index is 215. The minimum absolute atomic E-state index is 0.642. The van der Waals surface area contributed by atoms with E-state index in [0.29, 0.717) is 9.76 Å². The Hall–Kier alpha value is -0.803. The summed E-state index contributed by atoms with van der Waals surface area (Å²) in [5, 5.41) is 3.35. The highest BCUT2D eigenvalue weighted by Crippen LogP contribution is 2.04. The maximum absolute atomic E-state index is 4.99. The lowest BCUT2D eigenvalue weighted by Gasteiger charge is -2.04. The quantitative estimate of drug-likeness (QED) is 0.552. The minimum atomic E-state index is 0.642. The number of hydrogen-bond acceptors (Lipinski definition) is 2. The molecule has 1 aromatic carbocycles. The Labute approximate surface area is 82.3 Å². The molecule has 1 rings (SSSR count). The van der Waals surface area contributed by atoms with Crippen LogP contribution in [0.25, 0.3) is 0 Å². The zero-order valence-corrected chi connectivity index (χ0v) is 8.92. The molecule has 1 aromatic rings. The summed E-state index contributed by atoms with van der Waals surface area (Å²) in [6, 6.07) is 11.4. The SMILES string of the molecule is CO[Si]CCCNc1ccccc1. The topological polar surface area (TPSA) is 21.3 Å². The normalized spacial score (nSPS) is 9.92. The molecular weight excluding hydrogens is 178 g/mol. The van der Waals surface area contributed by atoms with Crippen LogP contribution in [0.15, 0.2) is 30.3 Å². The molecule has 0 bridgehead atoms. The maximum Gasteiger partial charge on any atom is 0.229 e. The number of nitrogens with one attached hydrogen (secondary N) is 1. The van der Waals surface area contributed by atoms with Gasteiger partial charge in [0.15, 0.2) is 0 Å². The summed E-state index contributed by atoms with van der Waals surface area (Å²) < 4.78 is 4.99. The number of benzene rings is 1. The van der Waals surface area contributed by atoms with E-state index in [0.717, 1.165) is 12.6 Å². The van der Waals surface area contributed by atoms with Gasteiger partial charge < -0.3 is 9.74 Å². The second-order valence-electron chi connectivity index (χ2n) is 2.74. The van der Waals surface area contributed by atoms with Gasteiger partial charge in [0.05, 0.1) is 0 Å². The van der Waals surface area contributed by atoms with Crippen molar-refractivity contribution in [1.29, 1.82) is 0 Å². The lowest BCUT2D eigenvalue weighted by Crippen LogP contribution is -2.03. The van der Waals surface area contributed by atoms with Crippen molar-refractivity contribution < 1.29 is 4.43 Å². The average Bonchev–Trinajstić information content (AvgIpc) is 2.19. The van der Waals surface area contributed by atoms with E-state index in [-0.39, 0.29) is 0 Å². The van der Waals surface area contributed by atoms with Gasteiger partial charge in [0, 0.05) is 19.3 Å². The molecule has 0 unspecified atom stereocenters. The van der Waals surface area contributed by atoms with Gasteiger partial charge in [-0.3, -0.25) is 0 Å². The smallest absolute Gasteiger partial charge is 0.229 e. The first kappa shape index (κ1) is 10.3. The Balaban J connectivity index is 2.07.